The third kappa shape index (κ3) is 4.25. The van der Waals surface area contributed by atoms with Crippen molar-refractivity contribution in [1.82, 2.24) is 25.1 Å². The highest BCUT2D eigenvalue weighted by Gasteiger charge is 2.17. The monoisotopic (exact) mass is 263 g/mol. The Kier molecular flexibility index (Phi) is 4.81. The topological polar surface area (TPSA) is 61.4 Å². The third-order valence-electron chi connectivity index (χ3n) is 3.14. The number of amides is 1. The Hall–Kier alpha value is -1.53. The highest BCUT2D eigenvalue weighted by atomic mass is 16.2. The number of nitrogens with zero attached hydrogens (tertiary/aromatic N) is 4. The molecule has 1 N–H and O–H groups in total. The Morgan fingerprint density at radius 3 is 2.89 bits per heavy atom. The first-order valence-electron chi connectivity index (χ1n) is 6.61. The molecule has 1 aromatic heterocycles. The Labute approximate surface area is 113 Å². The summed E-state index contributed by atoms with van der Waals surface area (Å²) in [5.41, 5.74) is 0.947. The van der Waals surface area contributed by atoms with Crippen LogP contribution in [0.25, 0.3) is 0 Å². The highest BCUT2D eigenvalue weighted by molar-refractivity contribution is 5.78. The SMILES string of the molecule is Cc1nccc(CN(C)CC(=O)N2CCNCC2)n1. The standard InChI is InChI=1S/C13H21N5O/c1-11-15-4-3-12(16-11)9-17(2)10-13(19)18-7-5-14-6-8-18/h3-4,14H,5-10H2,1-2H3. The maximum atomic E-state index is 12.1. The maximum Gasteiger partial charge on any atom is 0.236 e. The zero-order chi connectivity index (χ0) is 13.7. The van der Waals surface area contributed by atoms with Crippen LogP contribution in [0.15, 0.2) is 12.3 Å². The van der Waals surface area contributed by atoms with Gasteiger partial charge in [-0.3, -0.25) is 9.69 Å². The van der Waals surface area contributed by atoms with Gasteiger partial charge in [-0.05, 0) is 20.0 Å². The zero-order valence-corrected chi connectivity index (χ0v) is 11.6. The summed E-state index contributed by atoms with van der Waals surface area (Å²) in [5.74, 6) is 0.953. The van der Waals surface area contributed by atoms with E-state index in [9.17, 15) is 4.79 Å². The molecule has 0 aromatic carbocycles. The molecule has 1 amide bonds. The molecule has 0 aliphatic carbocycles. The number of piperazine rings is 1. The van der Waals surface area contributed by atoms with Crippen LogP contribution >= 0.6 is 0 Å². The molecule has 6 nitrogen and oxygen atoms in total. The van der Waals surface area contributed by atoms with Gasteiger partial charge in [-0.15, -0.1) is 0 Å². The molecule has 2 heterocycles. The minimum absolute atomic E-state index is 0.190. The van der Waals surface area contributed by atoms with Crippen LogP contribution < -0.4 is 5.32 Å². The Morgan fingerprint density at radius 1 is 1.47 bits per heavy atom. The first kappa shape index (κ1) is 13.9. The van der Waals surface area contributed by atoms with Crippen molar-refractivity contribution in [2.45, 2.75) is 13.5 Å². The fourth-order valence-electron chi connectivity index (χ4n) is 2.17. The lowest BCUT2D eigenvalue weighted by atomic mass is 10.3. The number of aryl methyl sites for hydroxylation is 1. The Bertz CT molecular complexity index is 431. The number of hydrogen-bond donors (Lipinski definition) is 1. The molecule has 0 saturated carbocycles. The molecule has 0 bridgehead atoms. The summed E-state index contributed by atoms with van der Waals surface area (Å²) in [7, 11) is 1.94. The Morgan fingerprint density at radius 2 is 2.21 bits per heavy atom. The molecule has 0 unspecified atom stereocenters. The molecule has 1 aromatic rings. The molecule has 2 rings (SSSR count). The van der Waals surface area contributed by atoms with Gasteiger partial charge < -0.3 is 10.2 Å². The van der Waals surface area contributed by atoms with Crippen LogP contribution in [-0.2, 0) is 11.3 Å². The predicted molar refractivity (Wildman–Crippen MR) is 72.6 cm³/mol. The van der Waals surface area contributed by atoms with Crippen molar-refractivity contribution in [3.8, 4) is 0 Å². The normalized spacial score (nSPS) is 15.8. The fourth-order valence-corrected chi connectivity index (χ4v) is 2.17. The first-order valence-corrected chi connectivity index (χ1v) is 6.61. The molecule has 1 aliphatic rings. The average Bonchev–Trinajstić information content (AvgIpc) is 2.39. The van der Waals surface area contributed by atoms with Gasteiger partial charge >= 0.3 is 0 Å². The van der Waals surface area contributed by atoms with Crippen molar-refractivity contribution in [3.05, 3.63) is 23.8 Å². The lowest BCUT2D eigenvalue weighted by Gasteiger charge is -2.29. The number of aromatic nitrogens is 2. The van der Waals surface area contributed by atoms with E-state index >= 15 is 0 Å². The van der Waals surface area contributed by atoms with E-state index in [1.165, 1.54) is 0 Å². The van der Waals surface area contributed by atoms with Crippen LogP contribution in [-0.4, -0.2) is 65.4 Å². The number of carbonyl (C=O) groups excluding carboxylic acids is 1. The van der Waals surface area contributed by atoms with Gasteiger partial charge in [-0.2, -0.15) is 0 Å². The number of nitrogens with one attached hydrogen (secondary N) is 1. The molecule has 1 saturated heterocycles. The summed E-state index contributed by atoms with van der Waals surface area (Å²) in [6, 6.07) is 1.89. The summed E-state index contributed by atoms with van der Waals surface area (Å²) < 4.78 is 0. The van der Waals surface area contributed by atoms with E-state index in [2.05, 4.69) is 15.3 Å². The zero-order valence-electron chi connectivity index (χ0n) is 11.6. The number of carbonyl (C=O) groups is 1. The van der Waals surface area contributed by atoms with Gasteiger partial charge in [0.1, 0.15) is 5.82 Å². The minimum atomic E-state index is 0.190. The van der Waals surface area contributed by atoms with Crippen molar-refractivity contribution in [1.29, 1.82) is 0 Å². The van der Waals surface area contributed by atoms with E-state index in [0.29, 0.717) is 13.1 Å². The van der Waals surface area contributed by atoms with Gasteiger partial charge in [0.15, 0.2) is 0 Å². The second-order valence-electron chi connectivity index (χ2n) is 4.90. The molecule has 1 aliphatic heterocycles. The van der Waals surface area contributed by atoms with E-state index in [0.717, 1.165) is 37.7 Å². The van der Waals surface area contributed by atoms with Crippen LogP contribution in [0.3, 0.4) is 0 Å². The van der Waals surface area contributed by atoms with Crippen LogP contribution in [0, 0.1) is 6.92 Å². The molecule has 0 radical (unpaired) electrons. The largest absolute Gasteiger partial charge is 0.339 e. The number of rotatable bonds is 4. The molecular weight excluding hydrogens is 242 g/mol. The van der Waals surface area contributed by atoms with Gasteiger partial charge in [0.05, 0.1) is 12.2 Å². The summed E-state index contributed by atoms with van der Waals surface area (Å²) >= 11 is 0. The van der Waals surface area contributed by atoms with Crippen molar-refractivity contribution in [2.24, 2.45) is 0 Å². The minimum Gasteiger partial charge on any atom is -0.339 e. The third-order valence-corrected chi connectivity index (χ3v) is 3.14. The van der Waals surface area contributed by atoms with Crippen molar-refractivity contribution in [2.75, 3.05) is 39.8 Å². The van der Waals surface area contributed by atoms with Gasteiger partial charge in [-0.1, -0.05) is 0 Å². The summed E-state index contributed by atoms with van der Waals surface area (Å²) in [6.07, 6.45) is 1.75. The highest BCUT2D eigenvalue weighted by Crippen LogP contribution is 2.01. The van der Waals surface area contributed by atoms with Crippen LogP contribution in [0.5, 0.6) is 0 Å². The van der Waals surface area contributed by atoms with Gasteiger partial charge in [0.25, 0.3) is 0 Å². The van der Waals surface area contributed by atoms with Crippen LogP contribution in [0.1, 0.15) is 11.5 Å². The predicted octanol–water partition coefficient (Wildman–Crippen LogP) is -0.351. The second-order valence-corrected chi connectivity index (χ2v) is 4.90. The molecule has 104 valence electrons. The summed E-state index contributed by atoms with van der Waals surface area (Å²) in [4.78, 5) is 24.4. The number of hydrogen-bond acceptors (Lipinski definition) is 5. The molecule has 1 fully saturated rings. The number of likely N-dealkylation sites (N-methyl/N-ethyl adjacent to an activating group) is 1. The van der Waals surface area contributed by atoms with E-state index in [1.807, 2.05) is 29.8 Å². The Balaban J connectivity index is 1.83. The first-order chi connectivity index (χ1) is 9.15. The molecule has 0 spiro atoms. The smallest absolute Gasteiger partial charge is 0.236 e. The lowest BCUT2D eigenvalue weighted by Crippen LogP contribution is -2.49. The fraction of sp³-hybridized carbons (Fsp3) is 0.615. The average molecular weight is 263 g/mol. The molecule has 19 heavy (non-hydrogen) atoms. The van der Waals surface area contributed by atoms with E-state index in [4.69, 9.17) is 0 Å². The summed E-state index contributed by atoms with van der Waals surface area (Å²) in [6.45, 7) is 6.36. The van der Waals surface area contributed by atoms with Crippen molar-refractivity contribution < 1.29 is 4.79 Å². The molecular formula is C13H21N5O. The van der Waals surface area contributed by atoms with Gasteiger partial charge in [-0.25, -0.2) is 9.97 Å². The maximum absolute atomic E-state index is 12.1. The van der Waals surface area contributed by atoms with Crippen molar-refractivity contribution >= 4 is 5.91 Å². The van der Waals surface area contributed by atoms with E-state index < -0.39 is 0 Å². The van der Waals surface area contributed by atoms with E-state index in [1.54, 1.807) is 6.20 Å². The van der Waals surface area contributed by atoms with Gasteiger partial charge in [0.2, 0.25) is 5.91 Å². The molecule has 0 atom stereocenters. The second kappa shape index (κ2) is 6.58. The molecule has 6 heteroatoms. The van der Waals surface area contributed by atoms with Gasteiger partial charge in [0, 0.05) is 38.9 Å². The van der Waals surface area contributed by atoms with Crippen molar-refractivity contribution in [3.63, 3.8) is 0 Å². The lowest BCUT2D eigenvalue weighted by molar-refractivity contribution is -0.132. The van der Waals surface area contributed by atoms with Crippen LogP contribution in [0.2, 0.25) is 0 Å². The van der Waals surface area contributed by atoms with Crippen LogP contribution in [0.4, 0.5) is 0 Å². The summed E-state index contributed by atoms with van der Waals surface area (Å²) in [5, 5.41) is 3.24. The quantitative estimate of drug-likeness (QED) is 0.804. The van der Waals surface area contributed by atoms with E-state index in [-0.39, 0.29) is 5.91 Å².